The Labute approximate surface area is 194 Å². The summed E-state index contributed by atoms with van der Waals surface area (Å²) in [6, 6.07) is 14.3. The summed E-state index contributed by atoms with van der Waals surface area (Å²) in [6.07, 6.45) is 4.67. The van der Waals surface area contributed by atoms with Crippen molar-refractivity contribution in [3.8, 4) is 11.5 Å². The highest BCUT2D eigenvalue weighted by atomic mass is 16.5. The first-order valence-corrected chi connectivity index (χ1v) is 12.5. The summed E-state index contributed by atoms with van der Waals surface area (Å²) in [7, 11) is 1.65. The van der Waals surface area contributed by atoms with E-state index in [-0.39, 0.29) is 17.7 Å². The number of nitrogens with zero attached hydrogens (tertiary/aromatic N) is 1. The monoisotopic (exact) mass is 445 g/mol. The van der Waals surface area contributed by atoms with Crippen LogP contribution in [-0.2, 0) is 23.1 Å². The third-order valence-electron chi connectivity index (χ3n) is 9.26. The van der Waals surface area contributed by atoms with Crippen molar-refractivity contribution in [2.45, 2.75) is 61.7 Å². The predicted molar refractivity (Wildman–Crippen MR) is 124 cm³/mol. The first kappa shape index (κ1) is 20.0. The third kappa shape index (κ3) is 2.58. The maximum Gasteiger partial charge on any atom is 0.177 e. The molecule has 0 radical (unpaired) electrons. The van der Waals surface area contributed by atoms with Gasteiger partial charge in [0.1, 0.15) is 0 Å². The maximum atomic E-state index is 14.0. The molecular formula is C28H31NO4. The molecule has 2 aliphatic heterocycles. The van der Waals surface area contributed by atoms with Crippen LogP contribution in [0.4, 0.5) is 0 Å². The summed E-state index contributed by atoms with van der Waals surface area (Å²) < 4.78 is 12.2. The van der Waals surface area contributed by atoms with Crippen LogP contribution in [0.15, 0.2) is 42.5 Å². The van der Waals surface area contributed by atoms with Crippen molar-refractivity contribution in [3.05, 3.63) is 59.2 Å². The largest absolute Gasteiger partial charge is 0.493 e. The standard InChI is InChI=1S/C28H31NO4/c1-32-21-10-9-19-14-22-28(31)15-20(13-17-5-3-2-4-6-17)24(30)26-27(28,23(19)25(21)33-26)11-12-29(22)16-18-7-8-18/h2-6,9-10,18,20,22,26,31H,7-8,11-16H2,1H3/t20?,22-,26+,27+,28-/m1/s1. The van der Waals surface area contributed by atoms with Gasteiger partial charge in [0.15, 0.2) is 23.4 Å². The molecule has 2 bridgehead atoms. The zero-order valence-corrected chi connectivity index (χ0v) is 19.1. The van der Waals surface area contributed by atoms with Gasteiger partial charge in [0, 0.05) is 24.1 Å². The average molecular weight is 446 g/mol. The summed E-state index contributed by atoms with van der Waals surface area (Å²) in [6.45, 7) is 1.97. The molecule has 2 heterocycles. The second kappa shape index (κ2) is 6.83. The molecule has 0 amide bonds. The number of methoxy groups -OCH3 is 1. The van der Waals surface area contributed by atoms with Gasteiger partial charge in [-0.05, 0) is 68.2 Å². The topological polar surface area (TPSA) is 59.0 Å². The first-order chi connectivity index (χ1) is 16.0. The van der Waals surface area contributed by atoms with Gasteiger partial charge in [-0.25, -0.2) is 0 Å². The van der Waals surface area contributed by atoms with Crippen molar-refractivity contribution < 1.29 is 19.4 Å². The van der Waals surface area contributed by atoms with Crippen molar-refractivity contribution in [3.63, 3.8) is 0 Å². The molecule has 5 aliphatic rings. The zero-order valence-electron chi connectivity index (χ0n) is 19.1. The van der Waals surface area contributed by atoms with E-state index in [1.54, 1.807) is 7.11 Å². The van der Waals surface area contributed by atoms with Gasteiger partial charge in [-0.1, -0.05) is 36.4 Å². The summed E-state index contributed by atoms with van der Waals surface area (Å²) in [5.41, 5.74) is 1.77. The van der Waals surface area contributed by atoms with Crippen LogP contribution in [-0.4, -0.2) is 53.7 Å². The van der Waals surface area contributed by atoms with Crippen LogP contribution < -0.4 is 9.47 Å². The minimum absolute atomic E-state index is 0.0242. The molecule has 3 fully saturated rings. The lowest BCUT2D eigenvalue weighted by atomic mass is 9.47. The number of benzene rings is 2. The van der Waals surface area contributed by atoms with E-state index in [9.17, 15) is 9.90 Å². The number of likely N-dealkylation sites (tertiary alicyclic amines) is 1. The Balaban J connectivity index is 1.37. The van der Waals surface area contributed by atoms with Crippen LogP contribution in [0.25, 0.3) is 0 Å². The highest BCUT2D eigenvalue weighted by molar-refractivity contribution is 5.92. The Morgan fingerprint density at radius 2 is 2.00 bits per heavy atom. The fraction of sp³-hybridized carbons (Fsp3) is 0.536. The lowest BCUT2D eigenvalue weighted by Crippen LogP contribution is -2.78. The normalized spacial score (nSPS) is 36.3. The van der Waals surface area contributed by atoms with E-state index < -0.39 is 17.1 Å². The number of Topliss-reactive ketones (excluding diaryl/α,β-unsaturated/α-hetero) is 1. The number of hydrogen-bond donors (Lipinski definition) is 1. The van der Waals surface area contributed by atoms with Gasteiger partial charge in [-0.3, -0.25) is 9.69 Å². The predicted octanol–water partition coefficient (Wildman–Crippen LogP) is 3.30. The molecular weight excluding hydrogens is 414 g/mol. The Morgan fingerprint density at radius 3 is 2.76 bits per heavy atom. The van der Waals surface area contributed by atoms with Crippen LogP contribution in [0.2, 0.25) is 0 Å². The Kier molecular flexibility index (Phi) is 4.15. The van der Waals surface area contributed by atoms with Crippen molar-refractivity contribution in [2.75, 3.05) is 20.2 Å². The number of piperidine rings is 1. The molecule has 172 valence electrons. The summed E-state index contributed by atoms with van der Waals surface area (Å²) in [5, 5.41) is 12.7. The fourth-order valence-electron chi connectivity index (χ4n) is 7.62. The highest BCUT2D eigenvalue weighted by Crippen LogP contribution is 2.65. The fourth-order valence-corrected chi connectivity index (χ4v) is 7.62. The molecule has 2 saturated carbocycles. The SMILES string of the molecule is COc1ccc2c3c1O[C@H]1C(=O)C(Cc4ccccc4)C[C@@]4(O)[C@@H](C2)N(CC2CC2)CC[C@]314. The first-order valence-electron chi connectivity index (χ1n) is 12.5. The molecule has 5 nitrogen and oxygen atoms in total. The maximum absolute atomic E-state index is 14.0. The van der Waals surface area contributed by atoms with E-state index in [2.05, 4.69) is 23.1 Å². The molecule has 2 aromatic carbocycles. The van der Waals surface area contributed by atoms with Gasteiger partial charge in [0.05, 0.1) is 18.1 Å². The molecule has 1 N–H and O–H groups in total. The van der Waals surface area contributed by atoms with Crippen molar-refractivity contribution in [2.24, 2.45) is 11.8 Å². The van der Waals surface area contributed by atoms with E-state index in [1.165, 1.54) is 18.4 Å². The van der Waals surface area contributed by atoms with E-state index >= 15 is 0 Å². The van der Waals surface area contributed by atoms with Crippen molar-refractivity contribution >= 4 is 5.78 Å². The molecule has 1 saturated heterocycles. The van der Waals surface area contributed by atoms with Crippen LogP contribution >= 0.6 is 0 Å². The second-order valence-electron chi connectivity index (χ2n) is 10.9. The summed E-state index contributed by atoms with van der Waals surface area (Å²) in [5.74, 6) is 2.02. The van der Waals surface area contributed by atoms with Crippen molar-refractivity contribution in [1.29, 1.82) is 0 Å². The van der Waals surface area contributed by atoms with Gasteiger partial charge >= 0.3 is 0 Å². The molecule has 1 spiro atoms. The van der Waals surface area contributed by atoms with Gasteiger partial charge in [-0.2, -0.15) is 0 Å². The number of rotatable bonds is 5. The number of hydrogen-bond acceptors (Lipinski definition) is 5. The van der Waals surface area contributed by atoms with Gasteiger partial charge in [-0.15, -0.1) is 0 Å². The van der Waals surface area contributed by atoms with E-state index in [0.717, 1.165) is 43.0 Å². The highest BCUT2D eigenvalue weighted by Gasteiger charge is 2.74. The average Bonchev–Trinajstić information content (AvgIpc) is 3.56. The Hall–Kier alpha value is -2.37. The van der Waals surface area contributed by atoms with Crippen LogP contribution in [0, 0.1) is 11.8 Å². The van der Waals surface area contributed by atoms with Crippen LogP contribution in [0.3, 0.4) is 0 Å². The molecule has 3 aliphatic carbocycles. The minimum Gasteiger partial charge on any atom is -0.493 e. The number of ketones is 1. The Bertz CT molecular complexity index is 1130. The van der Waals surface area contributed by atoms with E-state index in [4.69, 9.17) is 9.47 Å². The molecule has 5 heteroatoms. The summed E-state index contributed by atoms with van der Waals surface area (Å²) >= 11 is 0. The molecule has 2 aromatic rings. The van der Waals surface area contributed by atoms with Crippen LogP contribution in [0.5, 0.6) is 11.5 Å². The number of aliphatic hydroxyl groups is 1. The minimum atomic E-state index is -0.983. The smallest absolute Gasteiger partial charge is 0.177 e. The van der Waals surface area contributed by atoms with Gasteiger partial charge in [0.25, 0.3) is 0 Å². The molecule has 7 rings (SSSR count). The van der Waals surface area contributed by atoms with Gasteiger partial charge in [0.2, 0.25) is 0 Å². The Morgan fingerprint density at radius 1 is 1.18 bits per heavy atom. The molecule has 1 unspecified atom stereocenters. The van der Waals surface area contributed by atoms with E-state index in [1.807, 2.05) is 24.3 Å². The van der Waals surface area contributed by atoms with Crippen molar-refractivity contribution in [1.82, 2.24) is 4.90 Å². The lowest BCUT2D eigenvalue weighted by Gasteiger charge is -2.63. The number of carbonyl (C=O) groups excluding carboxylic acids is 1. The van der Waals surface area contributed by atoms with Gasteiger partial charge < -0.3 is 14.6 Å². The zero-order chi connectivity index (χ0) is 22.4. The second-order valence-corrected chi connectivity index (χ2v) is 10.9. The lowest BCUT2D eigenvalue weighted by molar-refractivity contribution is -0.197. The van der Waals surface area contributed by atoms with E-state index in [0.29, 0.717) is 24.3 Å². The summed E-state index contributed by atoms with van der Waals surface area (Å²) in [4.78, 5) is 16.5. The molecule has 0 aromatic heterocycles. The molecule has 5 atom stereocenters. The number of ether oxygens (including phenoxy) is 2. The number of carbonyl (C=O) groups is 1. The third-order valence-corrected chi connectivity index (χ3v) is 9.26. The van der Waals surface area contributed by atoms with Crippen LogP contribution in [0.1, 0.15) is 42.4 Å². The molecule has 33 heavy (non-hydrogen) atoms. The quantitative estimate of drug-likeness (QED) is 0.765.